The van der Waals surface area contributed by atoms with Crippen LogP contribution in [0.1, 0.15) is 52.0 Å². The van der Waals surface area contributed by atoms with Crippen molar-refractivity contribution in [2.24, 2.45) is 0 Å². The Morgan fingerprint density at radius 2 is 1.80 bits per heavy atom. The van der Waals surface area contributed by atoms with Gasteiger partial charge < -0.3 is 15.1 Å². The van der Waals surface area contributed by atoms with E-state index in [1.165, 1.54) is 0 Å². The quantitative estimate of drug-likeness (QED) is 0.822. The zero-order chi connectivity index (χ0) is 18.4. The smallest absolute Gasteiger partial charge is 0.244 e. The van der Waals surface area contributed by atoms with Gasteiger partial charge in [0.25, 0.3) is 0 Å². The topological polar surface area (TPSA) is 52.7 Å². The summed E-state index contributed by atoms with van der Waals surface area (Å²) in [6.07, 6.45) is 4.29. The van der Waals surface area contributed by atoms with Gasteiger partial charge in [-0.25, -0.2) is 0 Å². The Bertz CT molecular complexity index is 605. The van der Waals surface area contributed by atoms with Gasteiger partial charge in [-0.05, 0) is 57.4 Å². The van der Waals surface area contributed by atoms with Crippen LogP contribution in [0.25, 0.3) is 0 Å². The third-order valence-corrected chi connectivity index (χ3v) is 5.10. The number of rotatable bonds is 7. The Morgan fingerprint density at radius 3 is 2.32 bits per heavy atom. The number of nitrogens with zero attached hydrogens (tertiary/aromatic N) is 2. The summed E-state index contributed by atoms with van der Waals surface area (Å²) in [5, 5.41) is 2.97. The highest BCUT2D eigenvalue weighted by Gasteiger charge is 2.26. The van der Waals surface area contributed by atoms with Crippen molar-refractivity contribution in [2.75, 3.05) is 29.9 Å². The van der Waals surface area contributed by atoms with Crippen molar-refractivity contribution >= 4 is 23.2 Å². The maximum Gasteiger partial charge on any atom is 0.244 e. The molecule has 1 N–H and O–H groups in total. The van der Waals surface area contributed by atoms with Crippen LogP contribution < -0.4 is 10.2 Å². The molecular weight excluding hydrogens is 314 g/mol. The Kier molecular flexibility index (Phi) is 6.85. The summed E-state index contributed by atoms with van der Waals surface area (Å²) in [5.74, 6) is -0.142. The van der Waals surface area contributed by atoms with Crippen molar-refractivity contribution in [2.45, 2.75) is 59.4 Å². The Morgan fingerprint density at radius 1 is 1.16 bits per heavy atom. The van der Waals surface area contributed by atoms with E-state index in [-0.39, 0.29) is 24.4 Å². The molecule has 2 amide bonds. The number of carbonyl (C=O) groups is 2. The zero-order valence-corrected chi connectivity index (χ0v) is 16.0. The first-order valence-corrected chi connectivity index (χ1v) is 9.38. The molecule has 5 heteroatoms. The van der Waals surface area contributed by atoms with Gasteiger partial charge in [-0.1, -0.05) is 12.8 Å². The fourth-order valence-corrected chi connectivity index (χ4v) is 3.63. The molecule has 0 aromatic heterocycles. The summed E-state index contributed by atoms with van der Waals surface area (Å²) in [4.78, 5) is 28.4. The van der Waals surface area contributed by atoms with Crippen LogP contribution in [0.2, 0.25) is 0 Å². The van der Waals surface area contributed by atoms with E-state index in [9.17, 15) is 9.59 Å². The lowest BCUT2D eigenvalue weighted by molar-refractivity contribution is -0.135. The lowest BCUT2D eigenvalue weighted by Gasteiger charge is -2.27. The second kappa shape index (κ2) is 8.88. The molecule has 1 fully saturated rings. The minimum Gasteiger partial charge on any atom is -0.372 e. The summed E-state index contributed by atoms with van der Waals surface area (Å²) in [5.41, 5.74) is 3.01. The number of carbonyl (C=O) groups excluding carboxylic acids is 2. The maximum absolute atomic E-state index is 12.5. The van der Waals surface area contributed by atoms with Gasteiger partial charge in [0.15, 0.2) is 0 Å². The molecule has 0 radical (unpaired) electrons. The standard InChI is InChI=1S/C20H31N3O2/c1-5-22(6-2)18-11-12-19(15(3)13-18)21-20(25)14-23(16(4)24)17-9-7-8-10-17/h11-13,17H,5-10,14H2,1-4H3,(H,21,25). The number of hydrogen-bond donors (Lipinski definition) is 1. The molecule has 0 bridgehead atoms. The summed E-state index contributed by atoms with van der Waals surface area (Å²) in [6.45, 7) is 9.87. The van der Waals surface area contributed by atoms with Gasteiger partial charge >= 0.3 is 0 Å². The molecule has 0 saturated heterocycles. The zero-order valence-electron chi connectivity index (χ0n) is 16.0. The van der Waals surface area contributed by atoms with E-state index in [0.717, 1.165) is 55.7 Å². The van der Waals surface area contributed by atoms with Crippen molar-refractivity contribution in [3.8, 4) is 0 Å². The molecule has 0 atom stereocenters. The number of benzene rings is 1. The molecule has 1 aliphatic carbocycles. The monoisotopic (exact) mass is 345 g/mol. The summed E-state index contributed by atoms with van der Waals surface area (Å²) in [6, 6.07) is 6.31. The summed E-state index contributed by atoms with van der Waals surface area (Å²) < 4.78 is 0. The van der Waals surface area contributed by atoms with E-state index < -0.39 is 0 Å². The summed E-state index contributed by atoms with van der Waals surface area (Å²) in [7, 11) is 0. The summed E-state index contributed by atoms with van der Waals surface area (Å²) >= 11 is 0. The number of nitrogens with one attached hydrogen (secondary N) is 1. The first-order valence-electron chi connectivity index (χ1n) is 9.38. The highest BCUT2D eigenvalue weighted by atomic mass is 16.2. The second-order valence-corrected chi connectivity index (χ2v) is 6.80. The molecular formula is C20H31N3O2. The molecule has 0 heterocycles. The number of aryl methyl sites for hydroxylation is 1. The van der Waals surface area contributed by atoms with Crippen molar-refractivity contribution in [1.29, 1.82) is 0 Å². The van der Waals surface area contributed by atoms with Crippen LogP contribution in [0, 0.1) is 6.92 Å². The molecule has 25 heavy (non-hydrogen) atoms. The van der Waals surface area contributed by atoms with E-state index in [4.69, 9.17) is 0 Å². The Hall–Kier alpha value is -2.04. The number of anilines is 2. The molecule has 0 unspecified atom stereocenters. The van der Waals surface area contributed by atoms with Crippen LogP contribution in [0.5, 0.6) is 0 Å². The van der Waals surface area contributed by atoms with Gasteiger partial charge in [0.2, 0.25) is 11.8 Å². The fraction of sp³-hybridized carbons (Fsp3) is 0.600. The van der Waals surface area contributed by atoms with E-state index >= 15 is 0 Å². The van der Waals surface area contributed by atoms with Gasteiger partial charge in [-0.15, -0.1) is 0 Å². The third-order valence-electron chi connectivity index (χ3n) is 5.10. The lowest BCUT2D eigenvalue weighted by atomic mass is 10.1. The van der Waals surface area contributed by atoms with Crippen molar-refractivity contribution in [3.63, 3.8) is 0 Å². The van der Waals surface area contributed by atoms with Crippen LogP contribution in [-0.2, 0) is 9.59 Å². The van der Waals surface area contributed by atoms with Gasteiger partial charge in [0.1, 0.15) is 6.54 Å². The molecule has 1 aromatic rings. The fourth-order valence-electron chi connectivity index (χ4n) is 3.63. The predicted octanol–water partition coefficient (Wildman–Crippen LogP) is 3.57. The predicted molar refractivity (Wildman–Crippen MR) is 103 cm³/mol. The third kappa shape index (κ3) is 4.97. The van der Waals surface area contributed by atoms with Crippen molar-refractivity contribution < 1.29 is 9.59 Å². The lowest BCUT2D eigenvalue weighted by Crippen LogP contribution is -2.42. The maximum atomic E-state index is 12.5. The van der Waals surface area contributed by atoms with Crippen LogP contribution in [0.3, 0.4) is 0 Å². The van der Waals surface area contributed by atoms with Crippen LogP contribution in [-0.4, -0.2) is 42.4 Å². The Labute approximate surface area is 151 Å². The molecule has 1 saturated carbocycles. The molecule has 1 aliphatic rings. The molecule has 0 spiro atoms. The van der Waals surface area contributed by atoms with E-state index in [2.05, 4.69) is 30.1 Å². The number of hydrogen-bond acceptors (Lipinski definition) is 3. The molecule has 5 nitrogen and oxygen atoms in total. The van der Waals surface area contributed by atoms with E-state index in [0.29, 0.717) is 0 Å². The number of amides is 2. The molecule has 1 aromatic carbocycles. The Balaban J connectivity index is 2.03. The van der Waals surface area contributed by atoms with Gasteiger partial charge in [-0.2, -0.15) is 0 Å². The normalized spacial score (nSPS) is 14.4. The van der Waals surface area contributed by atoms with E-state index in [1.807, 2.05) is 19.1 Å². The molecule has 138 valence electrons. The largest absolute Gasteiger partial charge is 0.372 e. The first kappa shape index (κ1) is 19.3. The SMILES string of the molecule is CCN(CC)c1ccc(NC(=O)CN(C(C)=O)C2CCCC2)c(C)c1. The van der Waals surface area contributed by atoms with Gasteiger partial charge in [-0.3, -0.25) is 9.59 Å². The second-order valence-electron chi connectivity index (χ2n) is 6.80. The molecule has 0 aliphatic heterocycles. The highest BCUT2D eigenvalue weighted by Crippen LogP contribution is 2.25. The minimum atomic E-state index is -0.124. The van der Waals surface area contributed by atoms with Crippen LogP contribution in [0.15, 0.2) is 18.2 Å². The average Bonchev–Trinajstić information content (AvgIpc) is 3.10. The van der Waals surface area contributed by atoms with Crippen LogP contribution >= 0.6 is 0 Å². The first-order chi connectivity index (χ1) is 12.0. The van der Waals surface area contributed by atoms with Gasteiger partial charge in [0, 0.05) is 37.4 Å². The highest BCUT2D eigenvalue weighted by molar-refractivity contribution is 5.95. The van der Waals surface area contributed by atoms with Crippen molar-refractivity contribution in [1.82, 2.24) is 4.90 Å². The average molecular weight is 345 g/mol. The van der Waals surface area contributed by atoms with Crippen LogP contribution in [0.4, 0.5) is 11.4 Å². The van der Waals surface area contributed by atoms with E-state index in [1.54, 1.807) is 11.8 Å². The van der Waals surface area contributed by atoms with Crippen molar-refractivity contribution in [3.05, 3.63) is 23.8 Å². The molecule has 2 rings (SSSR count). The van der Waals surface area contributed by atoms with Gasteiger partial charge in [0.05, 0.1) is 0 Å². The minimum absolute atomic E-state index is 0.0179.